The molecule has 152 valence electrons. The lowest BCUT2D eigenvalue weighted by molar-refractivity contribution is 0.0738. The number of aromatic nitrogens is 3. The smallest absolute Gasteiger partial charge is 0.245 e. The summed E-state index contributed by atoms with van der Waals surface area (Å²) in [7, 11) is 0. The average molecular weight is 392 g/mol. The largest absolute Gasteiger partial charge is 0.352 e. The molecule has 0 fully saturated rings. The molecule has 2 bridgehead atoms. The van der Waals surface area contributed by atoms with Crippen LogP contribution in [0.3, 0.4) is 0 Å². The summed E-state index contributed by atoms with van der Waals surface area (Å²) in [5, 5.41) is 0. The van der Waals surface area contributed by atoms with Crippen molar-refractivity contribution in [3.05, 3.63) is 74.6 Å². The molecule has 0 spiro atoms. The fraction of sp³-hybridized carbons (Fsp3) is 0.500. The van der Waals surface area contributed by atoms with Crippen molar-refractivity contribution >= 4 is 0 Å². The number of nitrogens with zero attached hydrogens (tertiary/aromatic N) is 3. The van der Waals surface area contributed by atoms with Gasteiger partial charge in [0.05, 0.1) is 17.8 Å². The molecule has 29 heavy (non-hydrogen) atoms. The van der Waals surface area contributed by atoms with Crippen LogP contribution < -0.4 is 11.4 Å². The molecule has 5 heteroatoms. The van der Waals surface area contributed by atoms with Crippen molar-refractivity contribution in [3.63, 3.8) is 0 Å². The van der Waals surface area contributed by atoms with Gasteiger partial charge in [0.15, 0.2) is 0 Å². The van der Waals surface area contributed by atoms with Gasteiger partial charge in [-0.25, -0.2) is 23.5 Å². The van der Waals surface area contributed by atoms with Gasteiger partial charge in [-0.05, 0) is 23.0 Å². The number of allylic oxidation sites excluding steroid dienone is 4. The summed E-state index contributed by atoms with van der Waals surface area (Å²) in [5.74, 6) is 0.561. The maximum absolute atomic E-state index is 13.4. The number of hydrogen-bond donors (Lipinski definition) is 0. The summed E-state index contributed by atoms with van der Waals surface area (Å²) in [5.41, 5.74) is 3.15. The second-order valence-electron chi connectivity index (χ2n) is 10.7. The number of hydrogen-bond acceptors (Lipinski definition) is 2. The minimum Gasteiger partial charge on any atom is -0.245 e. The normalized spacial score (nSPS) is 27.7. The van der Waals surface area contributed by atoms with E-state index in [0.29, 0.717) is 5.69 Å². The van der Waals surface area contributed by atoms with Crippen molar-refractivity contribution in [3.8, 4) is 5.69 Å². The van der Waals surface area contributed by atoms with E-state index in [2.05, 4.69) is 53.7 Å². The van der Waals surface area contributed by atoms with Crippen LogP contribution in [-0.2, 0) is 0 Å². The lowest BCUT2D eigenvalue weighted by Gasteiger charge is -2.60. The Balaban J connectivity index is 1.75. The molecule has 4 aliphatic rings. The van der Waals surface area contributed by atoms with Crippen LogP contribution in [0.15, 0.2) is 63.2 Å². The van der Waals surface area contributed by atoms with E-state index in [9.17, 15) is 9.59 Å². The van der Waals surface area contributed by atoms with E-state index < -0.39 is 0 Å². The molecule has 2 aliphatic carbocycles. The van der Waals surface area contributed by atoms with Crippen molar-refractivity contribution in [2.75, 3.05) is 0 Å². The highest BCUT2D eigenvalue weighted by Gasteiger charge is 2.59. The Labute approximate surface area is 171 Å². The van der Waals surface area contributed by atoms with Gasteiger partial charge in [-0.15, -0.1) is 0 Å². The van der Waals surface area contributed by atoms with E-state index in [1.807, 2.05) is 30.3 Å². The second-order valence-corrected chi connectivity index (χ2v) is 10.7. The first kappa shape index (κ1) is 18.5. The zero-order chi connectivity index (χ0) is 20.9. The number of rotatable bonds is 1. The van der Waals surface area contributed by atoms with E-state index in [0.717, 1.165) is 0 Å². The topological polar surface area (TPSA) is 48.9 Å². The molecule has 2 aliphatic heterocycles. The third kappa shape index (κ3) is 2.27. The predicted molar refractivity (Wildman–Crippen MR) is 114 cm³/mol. The van der Waals surface area contributed by atoms with Gasteiger partial charge >= 0.3 is 11.4 Å². The zero-order valence-corrected chi connectivity index (χ0v) is 18.0. The zero-order valence-electron chi connectivity index (χ0n) is 18.0. The molecule has 6 rings (SSSR count). The van der Waals surface area contributed by atoms with Crippen LogP contribution in [0.25, 0.3) is 5.69 Å². The van der Waals surface area contributed by atoms with E-state index in [1.165, 1.54) is 15.7 Å². The van der Waals surface area contributed by atoms with Crippen LogP contribution >= 0.6 is 0 Å². The summed E-state index contributed by atoms with van der Waals surface area (Å²) in [4.78, 5) is 26.8. The van der Waals surface area contributed by atoms with Crippen LogP contribution in [0.2, 0.25) is 0 Å². The maximum atomic E-state index is 13.4. The number of benzene rings is 1. The van der Waals surface area contributed by atoms with Crippen LogP contribution in [0, 0.1) is 22.7 Å². The Kier molecular flexibility index (Phi) is 3.52. The third-order valence-corrected chi connectivity index (χ3v) is 6.79. The monoisotopic (exact) mass is 391 g/mol. The highest BCUT2D eigenvalue weighted by atomic mass is 16.2. The molecule has 3 heterocycles. The standard InChI is InChI=1S/C24H29N3O2/c1-23(2,3)19-17-15-12-13-16(18(17)20(19)24(4,5)6)27-22(29)25(21(28)26(15)27)14-10-8-7-9-11-14/h7-13,15-18H,1-6H3/t15-,16-,17+,18+/m0/s1. The number of para-hydroxylation sites is 1. The molecule has 2 aromatic rings. The van der Waals surface area contributed by atoms with Gasteiger partial charge in [-0.3, -0.25) is 0 Å². The van der Waals surface area contributed by atoms with Gasteiger partial charge in [0.25, 0.3) is 0 Å². The van der Waals surface area contributed by atoms with Crippen molar-refractivity contribution in [1.29, 1.82) is 0 Å². The van der Waals surface area contributed by atoms with E-state index in [-0.39, 0.29) is 46.1 Å². The van der Waals surface area contributed by atoms with E-state index >= 15 is 0 Å². The van der Waals surface area contributed by atoms with Crippen molar-refractivity contribution < 1.29 is 0 Å². The molecule has 0 saturated carbocycles. The highest BCUT2D eigenvalue weighted by Crippen LogP contribution is 2.65. The Morgan fingerprint density at radius 1 is 0.690 bits per heavy atom. The SMILES string of the molecule is CC(C)(C)C1=C(C(C)(C)C)[C@H]2[C@H]1[C@@H]1C=C[C@@H]2n2c(=O)n(-c3ccccc3)c(=O)n21. The van der Waals surface area contributed by atoms with Crippen LogP contribution in [-0.4, -0.2) is 13.9 Å². The van der Waals surface area contributed by atoms with Gasteiger partial charge in [0, 0.05) is 11.8 Å². The minimum atomic E-state index is -0.239. The van der Waals surface area contributed by atoms with Crippen molar-refractivity contribution in [1.82, 2.24) is 13.9 Å². The Bertz CT molecular complexity index is 1100. The fourth-order valence-corrected chi connectivity index (χ4v) is 5.94. The summed E-state index contributed by atoms with van der Waals surface area (Å²) in [6, 6.07) is 9.04. The molecule has 5 nitrogen and oxygen atoms in total. The first-order valence-electron chi connectivity index (χ1n) is 10.5. The summed E-state index contributed by atoms with van der Waals surface area (Å²) in [6.07, 6.45) is 4.29. The molecule has 0 amide bonds. The Morgan fingerprint density at radius 3 is 1.48 bits per heavy atom. The summed E-state index contributed by atoms with van der Waals surface area (Å²) >= 11 is 0. The first-order valence-corrected chi connectivity index (χ1v) is 10.5. The van der Waals surface area contributed by atoms with Gasteiger partial charge in [-0.2, -0.15) is 0 Å². The van der Waals surface area contributed by atoms with Gasteiger partial charge in [-0.1, -0.05) is 83.0 Å². The average Bonchev–Trinajstić information content (AvgIpc) is 2.86. The van der Waals surface area contributed by atoms with E-state index in [1.54, 1.807) is 9.36 Å². The second kappa shape index (κ2) is 5.53. The molecule has 4 atom stereocenters. The molecule has 0 unspecified atom stereocenters. The molecular weight excluding hydrogens is 362 g/mol. The highest BCUT2D eigenvalue weighted by molar-refractivity contribution is 5.46. The van der Waals surface area contributed by atoms with Crippen LogP contribution in [0.5, 0.6) is 0 Å². The molecule has 0 radical (unpaired) electrons. The summed E-state index contributed by atoms with van der Waals surface area (Å²) in [6.45, 7) is 13.6. The molecule has 0 saturated heterocycles. The Morgan fingerprint density at radius 2 is 1.10 bits per heavy atom. The van der Waals surface area contributed by atoms with Gasteiger partial charge in [0.1, 0.15) is 0 Å². The predicted octanol–water partition coefficient (Wildman–Crippen LogP) is 4.10. The van der Waals surface area contributed by atoms with Gasteiger partial charge in [0.2, 0.25) is 0 Å². The molecule has 1 aromatic carbocycles. The first-order chi connectivity index (χ1) is 13.5. The summed E-state index contributed by atoms with van der Waals surface area (Å²) < 4.78 is 4.75. The van der Waals surface area contributed by atoms with E-state index in [4.69, 9.17) is 0 Å². The molecule has 1 aromatic heterocycles. The van der Waals surface area contributed by atoms with Gasteiger partial charge < -0.3 is 0 Å². The van der Waals surface area contributed by atoms with Crippen molar-refractivity contribution in [2.24, 2.45) is 22.7 Å². The van der Waals surface area contributed by atoms with Crippen LogP contribution in [0.4, 0.5) is 0 Å². The lowest BCUT2D eigenvalue weighted by Crippen LogP contribution is -2.57. The lowest BCUT2D eigenvalue weighted by atomic mass is 9.49. The third-order valence-electron chi connectivity index (χ3n) is 6.79. The minimum absolute atomic E-state index is 0.0336. The Hall–Kier alpha value is -2.56. The quantitative estimate of drug-likeness (QED) is 0.687. The maximum Gasteiger partial charge on any atom is 0.352 e. The van der Waals surface area contributed by atoms with Crippen molar-refractivity contribution in [2.45, 2.75) is 53.6 Å². The fourth-order valence-electron chi connectivity index (χ4n) is 5.94. The van der Waals surface area contributed by atoms with Crippen LogP contribution in [0.1, 0.15) is 53.6 Å². The molecular formula is C24H29N3O2. The molecule has 0 N–H and O–H groups in total.